The lowest BCUT2D eigenvalue weighted by Gasteiger charge is -2.24. The smallest absolute Gasteiger partial charge is 0.303 e. The molecule has 26 heavy (non-hydrogen) atoms. The number of nitrogens with zero attached hydrogens (tertiary/aromatic N) is 2. The van der Waals surface area contributed by atoms with E-state index in [4.69, 9.17) is 5.11 Å². The number of aliphatic imine (C=N–C) groups is 1. The van der Waals surface area contributed by atoms with Crippen molar-refractivity contribution < 1.29 is 27.5 Å². The number of fused-ring (bicyclic) bond motifs is 1. The molecule has 2 fully saturated rings. The van der Waals surface area contributed by atoms with Crippen molar-refractivity contribution in [1.82, 2.24) is 4.90 Å². The third-order valence-electron chi connectivity index (χ3n) is 4.21. The molecular formula is C16H17FN2O5S2. The molecule has 10 heteroatoms. The first-order valence-corrected chi connectivity index (χ1v) is 10.6. The van der Waals surface area contributed by atoms with Crippen molar-refractivity contribution in [3.8, 4) is 0 Å². The van der Waals surface area contributed by atoms with E-state index < -0.39 is 21.7 Å². The highest BCUT2D eigenvalue weighted by atomic mass is 32.2. The van der Waals surface area contributed by atoms with Crippen LogP contribution < -0.4 is 0 Å². The molecule has 2 atom stereocenters. The van der Waals surface area contributed by atoms with Gasteiger partial charge in [0.05, 0.1) is 24.0 Å². The minimum absolute atomic E-state index is 0.0184. The summed E-state index contributed by atoms with van der Waals surface area (Å²) in [6.07, 6.45) is -0.517. The molecule has 2 heterocycles. The van der Waals surface area contributed by atoms with Crippen LogP contribution in [-0.4, -0.2) is 58.3 Å². The fraction of sp³-hybridized carbons (Fsp3) is 0.438. The van der Waals surface area contributed by atoms with Crippen molar-refractivity contribution in [2.45, 2.75) is 30.7 Å². The molecule has 0 radical (unpaired) electrons. The summed E-state index contributed by atoms with van der Waals surface area (Å²) in [6, 6.07) is 5.52. The number of sulfone groups is 1. The van der Waals surface area contributed by atoms with Crippen molar-refractivity contribution in [3.63, 3.8) is 0 Å². The Hall–Kier alpha value is -1.94. The number of hydrogen-bond acceptors (Lipinski definition) is 5. The summed E-state index contributed by atoms with van der Waals surface area (Å²) in [4.78, 5) is 28.3. The Morgan fingerprint density at radius 1 is 1.23 bits per heavy atom. The Morgan fingerprint density at radius 2 is 1.92 bits per heavy atom. The van der Waals surface area contributed by atoms with Crippen LogP contribution in [0, 0.1) is 5.82 Å². The molecule has 0 saturated carbocycles. The van der Waals surface area contributed by atoms with Gasteiger partial charge >= 0.3 is 5.97 Å². The van der Waals surface area contributed by atoms with E-state index in [1.165, 1.54) is 23.9 Å². The number of carbonyl (C=O) groups excluding carboxylic acids is 1. The van der Waals surface area contributed by atoms with Gasteiger partial charge in [-0.15, -0.1) is 0 Å². The summed E-state index contributed by atoms with van der Waals surface area (Å²) in [5.41, 5.74) is 0.766. The first kappa shape index (κ1) is 18.8. The largest absolute Gasteiger partial charge is 0.481 e. The molecule has 7 nitrogen and oxygen atoms in total. The lowest BCUT2D eigenvalue weighted by molar-refractivity contribution is -0.138. The van der Waals surface area contributed by atoms with Crippen LogP contribution in [0.4, 0.5) is 4.39 Å². The van der Waals surface area contributed by atoms with Gasteiger partial charge < -0.3 is 10.0 Å². The number of hydrogen-bond donors (Lipinski definition) is 1. The maximum atomic E-state index is 13.1. The average Bonchev–Trinajstić information content (AvgIpc) is 3.00. The Morgan fingerprint density at radius 3 is 2.58 bits per heavy atom. The lowest BCUT2D eigenvalue weighted by atomic mass is 10.1. The summed E-state index contributed by atoms with van der Waals surface area (Å²) in [6.45, 7) is 0.301. The first-order valence-electron chi connectivity index (χ1n) is 7.95. The number of halogens is 1. The molecule has 1 aromatic rings. The normalized spacial score (nSPS) is 25.4. The molecule has 1 N–H and O–H groups in total. The molecule has 1 aromatic carbocycles. The molecule has 0 bridgehead atoms. The summed E-state index contributed by atoms with van der Waals surface area (Å²) in [7, 11) is -3.15. The van der Waals surface area contributed by atoms with Gasteiger partial charge in [-0.25, -0.2) is 12.8 Å². The van der Waals surface area contributed by atoms with Crippen LogP contribution in [0.2, 0.25) is 0 Å². The topological polar surface area (TPSA) is 104 Å². The van der Waals surface area contributed by atoms with Gasteiger partial charge in [-0.05, 0) is 17.7 Å². The van der Waals surface area contributed by atoms with Crippen LogP contribution in [0.25, 0.3) is 0 Å². The molecule has 3 rings (SSSR count). The molecule has 1 amide bonds. The number of rotatable bonds is 5. The van der Waals surface area contributed by atoms with Gasteiger partial charge in [0.25, 0.3) is 0 Å². The highest BCUT2D eigenvalue weighted by molar-refractivity contribution is 8.15. The third kappa shape index (κ3) is 4.42. The Kier molecular flexibility index (Phi) is 5.33. The van der Waals surface area contributed by atoms with Gasteiger partial charge in [0.1, 0.15) is 5.82 Å². The fourth-order valence-electron chi connectivity index (χ4n) is 2.98. The molecule has 0 unspecified atom stereocenters. The molecule has 0 aliphatic carbocycles. The van der Waals surface area contributed by atoms with Gasteiger partial charge in [0.2, 0.25) is 5.91 Å². The fourth-order valence-corrected chi connectivity index (χ4v) is 6.95. The van der Waals surface area contributed by atoms with E-state index in [-0.39, 0.29) is 41.5 Å². The van der Waals surface area contributed by atoms with E-state index in [9.17, 15) is 22.4 Å². The van der Waals surface area contributed by atoms with Crippen LogP contribution in [0.3, 0.4) is 0 Å². The summed E-state index contributed by atoms with van der Waals surface area (Å²) in [5, 5.41) is 8.85. The predicted octanol–water partition coefficient (Wildman–Crippen LogP) is 1.29. The highest BCUT2D eigenvalue weighted by Crippen LogP contribution is 2.39. The average molecular weight is 400 g/mol. The molecule has 2 saturated heterocycles. The number of carboxylic acid groups (broad SMARTS) is 1. The Labute approximate surface area is 154 Å². The molecule has 0 aromatic heterocycles. The maximum Gasteiger partial charge on any atom is 0.303 e. The third-order valence-corrected chi connectivity index (χ3v) is 7.46. The summed E-state index contributed by atoms with van der Waals surface area (Å²) >= 11 is 1.23. The summed E-state index contributed by atoms with van der Waals surface area (Å²) in [5.74, 6) is -2.01. The van der Waals surface area contributed by atoms with Gasteiger partial charge in [-0.1, -0.05) is 23.9 Å². The van der Waals surface area contributed by atoms with Gasteiger partial charge in [-0.3, -0.25) is 9.59 Å². The zero-order chi connectivity index (χ0) is 18.9. The minimum Gasteiger partial charge on any atom is -0.481 e. The van der Waals surface area contributed by atoms with Gasteiger partial charge in [0, 0.05) is 18.2 Å². The molecule has 2 aliphatic heterocycles. The van der Waals surface area contributed by atoms with Crippen molar-refractivity contribution in [2.24, 2.45) is 4.99 Å². The maximum absolute atomic E-state index is 13.1. The van der Waals surface area contributed by atoms with Crippen LogP contribution >= 0.6 is 11.8 Å². The summed E-state index contributed by atoms with van der Waals surface area (Å²) < 4.78 is 37.0. The van der Waals surface area contributed by atoms with E-state index in [1.807, 2.05) is 0 Å². The predicted molar refractivity (Wildman–Crippen MR) is 95.1 cm³/mol. The zero-order valence-corrected chi connectivity index (χ0v) is 15.3. The number of aliphatic carboxylic acids is 1. The number of thioether (sulfide) groups is 1. The SMILES string of the molecule is O=C(O)CCC(=O)N=C1S[C@@H]2CS(=O)(=O)C[C@H]2N1Cc1ccc(F)cc1. The van der Waals surface area contributed by atoms with Crippen LogP contribution in [0.15, 0.2) is 29.3 Å². The van der Waals surface area contributed by atoms with Crippen LogP contribution in [0.1, 0.15) is 18.4 Å². The second-order valence-corrected chi connectivity index (χ2v) is 9.60. The molecular weight excluding hydrogens is 383 g/mol. The minimum atomic E-state index is -3.15. The number of amidine groups is 1. The quantitative estimate of drug-likeness (QED) is 0.794. The van der Waals surface area contributed by atoms with E-state index in [0.29, 0.717) is 11.7 Å². The van der Waals surface area contributed by atoms with E-state index in [1.54, 1.807) is 17.0 Å². The second kappa shape index (κ2) is 7.36. The van der Waals surface area contributed by atoms with E-state index >= 15 is 0 Å². The van der Waals surface area contributed by atoms with E-state index in [2.05, 4.69) is 4.99 Å². The number of benzene rings is 1. The van der Waals surface area contributed by atoms with Gasteiger partial charge in [-0.2, -0.15) is 4.99 Å². The lowest BCUT2D eigenvalue weighted by Crippen LogP contribution is -2.37. The van der Waals surface area contributed by atoms with Crippen LogP contribution in [-0.2, 0) is 26.0 Å². The van der Waals surface area contributed by atoms with Crippen molar-refractivity contribution in [1.29, 1.82) is 0 Å². The highest BCUT2D eigenvalue weighted by Gasteiger charge is 2.48. The number of carbonyl (C=O) groups is 2. The Bertz CT molecular complexity index is 854. The zero-order valence-electron chi connectivity index (χ0n) is 13.7. The van der Waals surface area contributed by atoms with Crippen molar-refractivity contribution in [2.75, 3.05) is 11.5 Å². The van der Waals surface area contributed by atoms with Gasteiger partial charge in [0.15, 0.2) is 15.0 Å². The standard InChI is InChI=1S/C16H17FN2O5S2/c17-11-3-1-10(2-4-11)7-19-12-8-26(23,24)9-13(12)25-16(19)18-14(20)5-6-15(21)22/h1-4,12-13H,5-9H2,(H,21,22)/t12-,13-/m1/s1. The van der Waals surface area contributed by atoms with Crippen LogP contribution in [0.5, 0.6) is 0 Å². The second-order valence-electron chi connectivity index (χ2n) is 6.24. The number of carboxylic acids is 1. The molecule has 2 aliphatic rings. The Balaban J connectivity index is 1.82. The van der Waals surface area contributed by atoms with Crippen molar-refractivity contribution in [3.05, 3.63) is 35.6 Å². The molecule has 140 valence electrons. The van der Waals surface area contributed by atoms with E-state index in [0.717, 1.165) is 5.56 Å². The number of amides is 1. The monoisotopic (exact) mass is 400 g/mol. The van der Waals surface area contributed by atoms with Crippen molar-refractivity contribution >= 4 is 38.6 Å². The molecule has 0 spiro atoms. The first-order chi connectivity index (χ1) is 12.2.